The van der Waals surface area contributed by atoms with Crippen LogP contribution in [0.3, 0.4) is 0 Å². The van der Waals surface area contributed by atoms with Crippen molar-refractivity contribution >= 4 is 17.4 Å². The molecule has 4 heterocycles. The second kappa shape index (κ2) is 8.02. The summed E-state index contributed by atoms with van der Waals surface area (Å²) in [4.78, 5) is 13.4. The van der Waals surface area contributed by atoms with E-state index in [0.29, 0.717) is 43.4 Å². The Morgan fingerprint density at radius 2 is 1.88 bits per heavy atom. The molecule has 2 aliphatic heterocycles. The number of fused-ring (bicyclic) bond motifs is 3. The first-order valence-corrected chi connectivity index (χ1v) is 12.0. The maximum absolute atomic E-state index is 14.6. The Balaban J connectivity index is 1.30. The van der Waals surface area contributed by atoms with Gasteiger partial charge in [-0.1, -0.05) is 11.6 Å². The van der Waals surface area contributed by atoms with Gasteiger partial charge in [-0.05, 0) is 56.4 Å². The minimum atomic E-state index is -1.05. The van der Waals surface area contributed by atoms with Gasteiger partial charge in [0.2, 0.25) is 0 Å². The lowest BCUT2D eigenvalue weighted by atomic mass is 9.95. The molecule has 1 saturated heterocycles. The fourth-order valence-corrected chi connectivity index (χ4v) is 5.42. The topological polar surface area (TPSA) is 63.0 Å². The van der Waals surface area contributed by atoms with Crippen LogP contribution in [0.1, 0.15) is 54.5 Å². The van der Waals surface area contributed by atoms with Crippen molar-refractivity contribution in [1.29, 1.82) is 0 Å². The number of aromatic nitrogens is 5. The first kappa shape index (κ1) is 21.0. The van der Waals surface area contributed by atoms with E-state index in [1.165, 1.54) is 0 Å². The number of hydrogen-bond acceptors (Lipinski definition) is 6. The van der Waals surface area contributed by atoms with Gasteiger partial charge in [-0.3, -0.25) is 14.5 Å². The number of aryl methyl sites for hydroxylation is 1. The standard InChI is InChI=1S/C24H27ClFN7/c1-16-22(28-9-8-27-16)32-10-4-17(5-11-32)23-30-29-21-14-31(15-24(26)6-7-24)13-18-12-19(25)2-3-20(18)33(21)23/h2-3,8-9,12,17H,4-7,10-11,13-15H2,1H3. The summed E-state index contributed by atoms with van der Waals surface area (Å²) in [5.74, 6) is 3.13. The lowest BCUT2D eigenvalue weighted by molar-refractivity contribution is 0.162. The average Bonchev–Trinajstić information content (AvgIpc) is 3.43. The van der Waals surface area contributed by atoms with Crippen LogP contribution in [0.5, 0.6) is 0 Å². The first-order chi connectivity index (χ1) is 16.0. The molecular formula is C24H27ClFN7. The van der Waals surface area contributed by atoms with Gasteiger partial charge in [0.05, 0.1) is 17.9 Å². The molecule has 9 heteroatoms. The average molecular weight is 468 g/mol. The number of hydrogen-bond donors (Lipinski definition) is 0. The van der Waals surface area contributed by atoms with Crippen molar-refractivity contribution in [2.75, 3.05) is 24.5 Å². The summed E-state index contributed by atoms with van der Waals surface area (Å²) in [7, 11) is 0. The molecule has 3 aromatic rings. The zero-order chi connectivity index (χ0) is 22.6. The fraction of sp³-hybridized carbons (Fsp3) is 0.500. The van der Waals surface area contributed by atoms with Crippen molar-refractivity contribution in [3.05, 3.63) is 58.5 Å². The Hall–Kier alpha value is -2.58. The minimum absolute atomic E-state index is 0.297. The van der Waals surface area contributed by atoms with Crippen LogP contribution in [-0.4, -0.2) is 54.9 Å². The molecular weight excluding hydrogens is 441 g/mol. The number of piperidine rings is 1. The molecule has 1 aliphatic carbocycles. The van der Waals surface area contributed by atoms with Crippen molar-refractivity contribution in [1.82, 2.24) is 29.6 Å². The van der Waals surface area contributed by atoms with Gasteiger partial charge in [-0.15, -0.1) is 10.2 Å². The lowest BCUT2D eigenvalue weighted by Gasteiger charge is -2.33. The number of halogens is 2. The number of nitrogens with zero attached hydrogens (tertiary/aromatic N) is 7. The molecule has 0 bridgehead atoms. The van der Waals surface area contributed by atoms with E-state index in [4.69, 9.17) is 11.6 Å². The largest absolute Gasteiger partial charge is 0.355 e. The number of alkyl halides is 1. The van der Waals surface area contributed by atoms with Crippen molar-refractivity contribution in [3.63, 3.8) is 0 Å². The van der Waals surface area contributed by atoms with Gasteiger partial charge in [0.25, 0.3) is 0 Å². The number of rotatable bonds is 4. The van der Waals surface area contributed by atoms with Gasteiger partial charge in [0.1, 0.15) is 17.3 Å². The summed E-state index contributed by atoms with van der Waals surface area (Å²) in [6, 6.07) is 5.97. The van der Waals surface area contributed by atoms with Crippen LogP contribution in [0.4, 0.5) is 10.2 Å². The summed E-state index contributed by atoms with van der Waals surface area (Å²) < 4.78 is 16.8. The summed E-state index contributed by atoms with van der Waals surface area (Å²) in [6.45, 7) is 5.48. The third kappa shape index (κ3) is 3.99. The van der Waals surface area contributed by atoms with E-state index in [1.54, 1.807) is 12.4 Å². The van der Waals surface area contributed by atoms with Crippen LogP contribution in [0, 0.1) is 6.92 Å². The minimum Gasteiger partial charge on any atom is -0.355 e. The van der Waals surface area contributed by atoms with Crippen molar-refractivity contribution in [3.8, 4) is 5.69 Å². The van der Waals surface area contributed by atoms with Crippen LogP contribution in [0.15, 0.2) is 30.6 Å². The predicted molar refractivity (Wildman–Crippen MR) is 125 cm³/mol. The Kier molecular flexibility index (Phi) is 5.10. The molecule has 0 spiro atoms. The van der Waals surface area contributed by atoms with E-state index in [2.05, 4.69) is 40.6 Å². The predicted octanol–water partition coefficient (Wildman–Crippen LogP) is 4.22. The van der Waals surface area contributed by atoms with E-state index < -0.39 is 5.67 Å². The van der Waals surface area contributed by atoms with E-state index >= 15 is 0 Å². The molecule has 2 fully saturated rings. The molecule has 1 saturated carbocycles. The molecule has 3 aliphatic rings. The van der Waals surface area contributed by atoms with E-state index in [9.17, 15) is 4.39 Å². The van der Waals surface area contributed by atoms with E-state index in [-0.39, 0.29) is 0 Å². The molecule has 0 N–H and O–H groups in total. The SMILES string of the molecule is Cc1nccnc1N1CCC(c2nnc3n2-c2ccc(Cl)cc2CN(CC2(F)CC2)C3)CC1. The molecule has 0 amide bonds. The van der Waals surface area contributed by atoms with Crippen molar-refractivity contribution < 1.29 is 4.39 Å². The molecule has 6 rings (SSSR count). The molecule has 0 unspecified atom stereocenters. The molecule has 172 valence electrons. The van der Waals surface area contributed by atoms with Gasteiger partial charge in [0.15, 0.2) is 5.82 Å². The van der Waals surface area contributed by atoms with Crippen LogP contribution in [0.25, 0.3) is 5.69 Å². The quantitative estimate of drug-likeness (QED) is 0.572. The van der Waals surface area contributed by atoms with Crippen LogP contribution >= 0.6 is 11.6 Å². The molecule has 2 aromatic heterocycles. The van der Waals surface area contributed by atoms with Gasteiger partial charge >= 0.3 is 0 Å². The smallest absolute Gasteiger partial charge is 0.151 e. The summed E-state index contributed by atoms with van der Waals surface area (Å²) in [5, 5.41) is 9.94. The van der Waals surface area contributed by atoms with E-state index in [1.807, 2.05) is 19.1 Å². The first-order valence-electron chi connectivity index (χ1n) is 11.7. The fourth-order valence-electron chi connectivity index (χ4n) is 5.22. The summed E-state index contributed by atoms with van der Waals surface area (Å²) in [5.41, 5.74) is 2.06. The Morgan fingerprint density at radius 1 is 1.09 bits per heavy atom. The Morgan fingerprint density at radius 3 is 2.64 bits per heavy atom. The van der Waals surface area contributed by atoms with Crippen molar-refractivity contribution in [2.24, 2.45) is 0 Å². The molecule has 0 radical (unpaired) electrons. The Bertz CT molecular complexity index is 1180. The maximum atomic E-state index is 14.6. The van der Waals surface area contributed by atoms with E-state index in [0.717, 1.165) is 60.3 Å². The van der Waals surface area contributed by atoms with Gasteiger partial charge in [-0.25, -0.2) is 9.37 Å². The van der Waals surface area contributed by atoms with Crippen LogP contribution in [-0.2, 0) is 13.1 Å². The monoisotopic (exact) mass is 467 g/mol. The highest BCUT2D eigenvalue weighted by atomic mass is 35.5. The second-order valence-corrected chi connectivity index (χ2v) is 10.0. The van der Waals surface area contributed by atoms with Gasteiger partial charge in [-0.2, -0.15) is 0 Å². The van der Waals surface area contributed by atoms with Gasteiger partial charge in [0, 0.05) is 49.5 Å². The highest BCUT2D eigenvalue weighted by molar-refractivity contribution is 6.30. The lowest BCUT2D eigenvalue weighted by Crippen LogP contribution is -2.35. The zero-order valence-electron chi connectivity index (χ0n) is 18.7. The third-order valence-corrected chi connectivity index (χ3v) is 7.35. The normalized spacial score (nSPS) is 20.3. The molecule has 1 aromatic carbocycles. The van der Waals surface area contributed by atoms with Gasteiger partial charge < -0.3 is 4.90 Å². The molecule has 33 heavy (non-hydrogen) atoms. The second-order valence-electron chi connectivity index (χ2n) is 9.61. The number of benzene rings is 1. The summed E-state index contributed by atoms with van der Waals surface area (Å²) >= 11 is 6.35. The molecule has 7 nitrogen and oxygen atoms in total. The van der Waals surface area contributed by atoms with Crippen LogP contribution in [0.2, 0.25) is 5.02 Å². The zero-order valence-corrected chi connectivity index (χ0v) is 19.5. The van der Waals surface area contributed by atoms with Crippen LogP contribution < -0.4 is 4.90 Å². The van der Waals surface area contributed by atoms with Crippen molar-refractivity contribution in [2.45, 2.75) is 57.3 Å². The third-order valence-electron chi connectivity index (χ3n) is 7.11. The molecule has 0 atom stereocenters. The maximum Gasteiger partial charge on any atom is 0.151 e. The Labute approximate surface area is 197 Å². The number of anilines is 1. The highest BCUT2D eigenvalue weighted by Gasteiger charge is 2.45. The summed E-state index contributed by atoms with van der Waals surface area (Å²) in [6.07, 6.45) is 6.71. The highest BCUT2D eigenvalue weighted by Crippen LogP contribution is 2.42.